The fourth-order valence-electron chi connectivity index (χ4n) is 9.77. The maximum atomic E-state index is 13.7. The van der Waals surface area contributed by atoms with Gasteiger partial charge in [0, 0.05) is 78.0 Å². The maximum absolute atomic E-state index is 13.7. The third kappa shape index (κ3) is 18.1. The molecule has 0 unspecified atom stereocenters. The van der Waals surface area contributed by atoms with Gasteiger partial charge in [0.1, 0.15) is 24.8 Å². The minimum atomic E-state index is -0.490. The summed E-state index contributed by atoms with van der Waals surface area (Å²) in [6.45, 7) is 1.99. The molecule has 6 aromatic rings. The van der Waals surface area contributed by atoms with Crippen LogP contribution in [0.15, 0.2) is 146 Å². The number of esters is 2. The third-order valence-corrected chi connectivity index (χ3v) is 14.5. The van der Waals surface area contributed by atoms with Crippen molar-refractivity contribution in [2.45, 2.75) is 104 Å². The number of ether oxygens (including phenoxy) is 2. The summed E-state index contributed by atoms with van der Waals surface area (Å²) in [6.07, 6.45) is 6.29. The first kappa shape index (κ1) is 60.8. The second-order valence-corrected chi connectivity index (χ2v) is 20.7. The highest BCUT2D eigenvalue weighted by atomic mass is 19.1. The van der Waals surface area contributed by atoms with Gasteiger partial charge in [-0.15, -0.1) is 0 Å². The zero-order valence-electron chi connectivity index (χ0n) is 46.7. The first-order valence-electron chi connectivity index (χ1n) is 28.3. The smallest absolute Gasteiger partial charge is 0.306 e. The quantitative estimate of drug-likeness (QED) is 0.0208. The van der Waals surface area contributed by atoms with E-state index in [1.54, 1.807) is 70.5 Å². The van der Waals surface area contributed by atoms with Crippen molar-refractivity contribution in [2.24, 2.45) is 0 Å². The molecule has 84 heavy (non-hydrogen) atoms. The van der Waals surface area contributed by atoms with Crippen LogP contribution >= 0.6 is 0 Å². The highest BCUT2D eigenvalue weighted by Crippen LogP contribution is 2.29. The van der Waals surface area contributed by atoms with Crippen LogP contribution in [0, 0.1) is 11.6 Å². The molecule has 6 aromatic carbocycles. The molecule has 0 aromatic heterocycles. The summed E-state index contributed by atoms with van der Waals surface area (Å²) in [4.78, 5) is 110. The number of unbranched alkanes of at least 4 members (excludes halogenated alkanes) is 2. The average molecular weight is 1140 g/mol. The summed E-state index contributed by atoms with van der Waals surface area (Å²) in [6, 6.07) is 37.1. The van der Waals surface area contributed by atoms with Gasteiger partial charge >= 0.3 is 11.9 Å². The van der Waals surface area contributed by atoms with Crippen molar-refractivity contribution in [1.29, 1.82) is 0 Å². The molecule has 2 aliphatic rings. The van der Waals surface area contributed by atoms with Crippen molar-refractivity contribution in [3.8, 4) is 0 Å². The number of halogens is 2. The van der Waals surface area contributed by atoms with Crippen LogP contribution in [0.2, 0.25) is 0 Å². The van der Waals surface area contributed by atoms with E-state index in [9.17, 15) is 47.1 Å². The Labute approximate surface area is 487 Å². The van der Waals surface area contributed by atoms with Gasteiger partial charge in [0.05, 0.1) is 22.3 Å². The lowest BCUT2D eigenvalue weighted by Gasteiger charge is -2.15. The summed E-state index contributed by atoms with van der Waals surface area (Å²) in [5, 5.41) is 11.5. The lowest BCUT2D eigenvalue weighted by atomic mass is 9.98. The number of carbonyl (C=O) groups excluding carboxylic acids is 8. The number of rotatable bonds is 28. The number of benzene rings is 6. The molecular weight excluding hydrogens is 1070 g/mol. The van der Waals surface area contributed by atoms with E-state index in [4.69, 9.17) is 9.47 Å². The van der Waals surface area contributed by atoms with Crippen LogP contribution in [-0.2, 0) is 80.9 Å². The molecule has 0 fully saturated rings. The Hall–Kier alpha value is -9.32. The predicted octanol–water partition coefficient (Wildman–Crippen LogP) is 8.92. The number of carbonyl (C=O) groups is 8. The zero-order valence-corrected chi connectivity index (χ0v) is 46.7. The highest BCUT2D eigenvalue weighted by Gasteiger charge is 2.30. The Kier molecular flexibility index (Phi) is 22.2. The Morgan fingerprint density at radius 1 is 0.405 bits per heavy atom. The lowest BCUT2D eigenvalue weighted by Crippen LogP contribution is -2.31. The van der Waals surface area contributed by atoms with Crippen LogP contribution in [-0.4, -0.2) is 83.4 Å². The molecular formula is C66H68F2N6O10. The molecule has 18 heteroatoms. The normalized spacial score (nSPS) is 12.3. The summed E-state index contributed by atoms with van der Waals surface area (Å²) in [5.74, 6) is -3.87. The number of hydrogen-bond donors (Lipinski definition) is 4. The van der Waals surface area contributed by atoms with Gasteiger partial charge in [0.25, 0.3) is 23.6 Å². The van der Waals surface area contributed by atoms with Crippen molar-refractivity contribution in [1.82, 2.24) is 31.1 Å². The number of fused-ring (bicyclic) bond motifs is 2. The topological polar surface area (TPSA) is 210 Å². The molecule has 0 saturated carbocycles. The van der Waals surface area contributed by atoms with Gasteiger partial charge in [-0.25, -0.2) is 8.78 Å². The predicted molar refractivity (Wildman–Crippen MR) is 309 cm³/mol. The van der Waals surface area contributed by atoms with Gasteiger partial charge in [-0.3, -0.25) is 38.4 Å². The summed E-state index contributed by atoms with van der Waals surface area (Å²) < 4.78 is 37.8. The highest BCUT2D eigenvalue weighted by molar-refractivity contribution is 6.08. The van der Waals surface area contributed by atoms with Crippen molar-refractivity contribution in [2.75, 3.05) is 26.2 Å². The molecule has 436 valence electrons. The molecule has 0 spiro atoms. The summed E-state index contributed by atoms with van der Waals surface area (Å²) in [5.41, 5.74) is 6.71. The minimum absolute atomic E-state index is 0.0260. The number of amides is 6. The van der Waals surface area contributed by atoms with Crippen LogP contribution in [0.1, 0.15) is 137 Å². The van der Waals surface area contributed by atoms with Crippen LogP contribution < -0.4 is 21.3 Å². The van der Waals surface area contributed by atoms with E-state index in [0.29, 0.717) is 60.8 Å². The molecule has 16 nitrogen and oxygen atoms in total. The lowest BCUT2D eigenvalue weighted by molar-refractivity contribution is -0.146. The summed E-state index contributed by atoms with van der Waals surface area (Å²) >= 11 is 0. The van der Waals surface area contributed by atoms with Gasteiger partial charge in [0.15, 0.2) is 0 Å². The van der Waals surface area contributed by atoms with E-state index in [-0.39, 0.29) is 149 Å². The SMILES string of the molecule is O=C(CCCCNC(=O)c1cc2c(cc1C(=O)NCCc1ccc(F)cc1)CN(C(=O)C/C=C/CC(=O)N1Cc3cc(C(=O)NCCCCC(=O)OCc4ccccc4)c(C(=O)NCCc4ccc(F)cc4)cc3C1)C2)OCc1ccccc1. The molecule has 0 saturated heterocycles. The molecule has 2 aliphatic heterocycles. The Balaban J connectivity index is 0.837. The fourth-order valence-corrected chi connectivity index (χ4v) is 9.77. The molecule has 4 N–H and O–H groups in total. The first-order valence-corrected chi connectivity index (χ1v) is 28.3. The molecule has 0 radical (unpaired) electrons. The van der Waals surface area contributed by atoms with E-state index in [1.807, 2.05) is 60.7 Å². The van der Waals surface area contributed by atoms with Gasteiger partial charge < -0.3 is 40.5 Å². The number of nitrogens with one attached hydrogen (secondary N) is 4. The second-order valence-electron chi connectivity index (χ2n) is 20.7. The minimum Gasteiger partial charge on any atom is -0.461 e. The van der Waals surface area contributed by atoms with Gasteiger partial charge in [-0.1, -0.05) is 97.1 Å². The summed E-state index contributed by atoms with van der Waals surface area (Å²) in [7, 11) is 0. The van der Waals surface area contributed by atoms with E-state index in [0.717, 1.165) is 22.3 Å². The van der Waals surface area contributed by atoms with Gasteiger partial charge in [-0.05, 0) is 132 Å². The Morgan fingerprint density at radius 3 is 1.06 bits per heavy atom. The van der Waals surface area contributed by atoms with Crippen molar-refractivity contribution >= 4 is 47.4 Å². The van der Waals surface area contributed by atoms with E-state index in [1.165, 1.54) is 24.3 Å². The van der Waals surface area contributed by atoms with E-state index in [2.05, 4.69) is 21.3 Å². The van der Waals surface area contributed by atoms with Crippen molar-refractivity contribution in [3.63, 3.8) is 0 Å². The van der Waals surface area contributed by atoms with E-state index < -0.39 is 23.6 Å². The van der Waals surface area contributed by atoms with Crippen molar-refractivity contribution < 1.29 is 56.6 Å². The maximum Gasteiger partial charge on any atom is 0.306 e. The Morgan fingerprint density at radius 2 is 0.726 bits per heavy atom. The van der Waals surface area contributed by atoms with E-state index >= 15 is 0 Å². The van der Waals surface area contributed by atoms with Gasteiger partial charge in [0.2, 0.25) is 11.8 Å². The molecule has 0 bridgehead atoms. The van der Waals surface area contributed by atoms with Crippen LogP contribution in [0.4, 0.5) is 8.78 Å². The average Bonchev–Trinajstić information content (AvgIpc) is 2.24. The monoisotopic (exact) mass is 1140 g/mol. The largest absolute Gasteiger partial charge is 0.461 e. The standard InChI is InChI=1S/C66H68F2N6O10/c67-53-25-21-45(22-26-53)29-33-71-65(81)57-37-51-41-73(39-49(51)35-55(57)63(79)69-31-11-9-19-61(77)83-43-47-13-3-1-4-14-47)59(75)17-7-8-18-60(76)74-40-50-36-56(64(80)70-32-12-10-20-62(78)84-44-48-15-5-2-6-16-48)58(38-52(50)42-74)66(82)72-34-30-46-23-27-54(68)28-24-46/h1-8,13-16,21-28,35-38H,9-12,17-20,29-34,39-44H2,(H,69,79)(H,70,80)(H,71,81)(H,72,82)/b8-7+. The molecule has 0 atom stereocenters. The number of nitrogens with zero attached hydrogens (tertiary/aromatic N) is 2. The van der Waals surface area contributed by atoms with Crippen LogP contribution in [0.5, 0.6) is 0 Å². The van der Waals surface area contributed by atoms with Crippen LogP contribution in [0.3, 0.4) is 0 Å². The molecule has 2 heterocycles. The van der Waals surface area contributed by atoms with Crippen LogP contribution in [0.25, 0.3) is 0 Å². The first-order chi connectivity index (χ1) is 40.8. The molecule has 8 rings (SSSR count). The second kappa shape index (κ2) is 30.7. The van der Waals surface area contributed by atoms with Gasteiger partial charge in [-0.2, -0.15) is 0 Å². The third-order valence-electron chi connectivity index (χ3n) is 14.5. The number of hydrogen-bond acceptors (Lipinski definition) is 10. The molecule has 6 amide bonds. The zero-order chi connectivity index (χ0) is 59.2. The fraction of sp³-hybridized carbons (Fsp3) is 0.303. The van der Waals surface area contributed by atoms with Crippen molar-refractivity contribution in [3.05, 3.63) is 224 Å². The molecule has 0 aliphatic carbocycles. The Bertz CT molecular complexity index is 3120.